The van der Waals surface area contributed by atoms with Gasteiger partial charge in [0.15, 0.2) is 0 Å². The van der Waals surface area contributed by atoms with Crippen LogP contribution < -0.4 is 10.6 Å². The minimum absolute atomic E-state index is 0.0437. The molecule has 0 radical (unpaired) electrons. The number of benzene rings is 1. The molecule has 1 aromatic rings. The van der Waals surface area contributed by atoms with Crippen molar-refractivity contribution >= 4 is 23.6 Å². The summed E-state index contributed by atoms with van der Waals surface area (Å²) < 4.78 is 41.8. The Kier molecular flexibility index (Phi) is 5.88. The molecule has 2 atom stereocenters. The number of hydrogen-bond donors (Lipinski definition) is 2. The monoisotopic (exact) mass is 491 g/mol. The number of halogens is 3. The Hall–Kier alpha value is -2.91. The Morgan fingerprint density at radius 2 is 1.80 bits per heavy atom. The first-order valence-electron chi connectivity index (χ1n) is 12.2. The Balaban J connectivity index is 1.28. The van der Waals surface area contributed by atoms with Crippen LogP contribution in [0.3, 0.4) is 0 Å². The van der Waals surface area contributed by atoms with E-state index in [1.807, 2.05) is 0 Å². The van der Waals surface area contributed by atoms with E-state index in [1.54, 1.807) is 0 Å². The van der Waals surface area contributed by atoms with E-state index in [1.165, 1.54) is 23.1 Å². The zero-order valence-corrected chi connectivity index (χ0v) is 19.2. The van der Waals surface area contributed by atoms with E-state index in [0.717, 1.165) is 32.1 Å². The molecule has 2 aliphatic carbocycles. The number of rotatable bonds is 4. The predicted octanol–water partition coefficient (Wildman–Crippen LogP) is 3.47. The lowest BCUT2D eigenvalue weighted by atomic mass is 9.58. The average Bonchev–Trinajstić information content (AvgIpc) is 3.11. The van der Waals surface area contributed by atoms with Crippen LogP contribution in [0.2, 0.25) is 0 Å². The number of carbonyl (C=O) groups excluding carboxylic acids is 4. The van der Waals surface area contributed by atoms with Crippen LogP contribution in [0.4, 0.5) is 13.2 Å². The molecular weight excluding hydrogens is 463 g/mol. The van der Waals surface area contributed by atoms with E-state index in [4.69, 9.17) is 0 Å². The van der Waals surface area contributed by atoms with Crippen LogP contribution in [0, 0.1) is 11.3 Å². The molecule has 1 aromatic carbocycles. The fourth-order valence-electron chi connectivity index (χ4n) is 6.17. The van der Waals surface area contributed by atoms with E-state index in [0.29, 0.717) is 24.0 Å². The molecule has 4 amide bonds. The summed E-state index contributed by atoms with van der Waals surface area (Å²) in [7, 11) is 0. The Labute approximate surface area is 200 Å². The van der Waals surface area contributed by atoms with Crippen molar-refractivity contribution in [3.8, 4) is 0 Å². The van der Waals surface area contributed by atoms with Gasteiger partial charge in [-0.05, 0) is 80.0 Å². The van der Waals surface area contributed by atoms with Crippen molar-refractivity contribution in [3.63, 3.8) is 0 Å². The first-order valence-corrected chi connectivity index (χ1v) is 12.2. The van der Waals surface area contributed by atoms with Gasteiger partial charge in [-0.3, -0.25) is 24.5 Å². The van der Waals surface area contributed by atoms with Crippen LogP contribution in [0.15, 0.2) is 18.2 Å². The molecule has 35 heavy (non-hydrogen) atoms. The van der Waals surface area contributed by atoms with Crippen LogP contribution in [-0.2, 0) is 16.1 Å². The summed E-state index contributed by atoms with van der Waals surface area (Å²) in [5, 5.41) is 4.45. The number of piperidine rings is 1. The summed E-state index contributed by atoms with van der Waals surface area (Å²) in [4.78, 5) is 50.6. The zero-order valence-electron chi connectivity index (χ0n) is 19.2. The third kappa shape index (κ3) is 4.43. The fourth-order valence-corrected chi connectivity index (χ4v) is 6.17. The summed E-state index contributed by atoms with van der Waals surface area (Å²) in [6, 6.07) is 1.47. The van der Waals surface area contributed by atoms with Gasteiger partial charge in [-0.15, -0.1) is 0 Å². The van der Waals surface area contributed by atoms with Crippen LogP contribution in [0.5, 0.6) is 0 Å². The van der Waals surface area contributed by atoms with Gasteiger partial charge in [0.05, 0.1) is 0 Å². The van der Waals surface area contributed by atoms with Gasteiger partial charge in [0.1, 0.15) is 12.1 Å². The maximum Gasteiger partial charge on any atom is 0.408 e. The van der Waals surface area contributed by atoms with Crippen LogP contribution in [0.1, 0.15) is 84.1 Å². The molecule has 7 nitrogen and oxygen atoms in total. The summed E-state index contributed by atoms with van der Waals surface area (Å²) in [5.74, 6) is -2.82. The molecular formula is C25H28F3N3O4. The Morgan fingerprint density at radius 3 is 2.40 bits per heavy atom. The molecule has 188 valence electrons. The number of fused-ring (bicyclic) bond motifs is 1. The number of alkyl halides is 3. The normalized spacial score (nSPS) is 25.2. The second-order valence-electron chi connectivity index (χ2n) is 10.5. The highest BCUT2D eigenvalue weighted by Gasteiger charge is 2.49. The van der Waals surface area contributed by atoms with Gasteiger partial charge in [-0.1, -0.05) is 6.42 Å². The topological polar surface area (TPSA) is 95.6 Å². The second-order valence-corrected chi connectivity index (χ2v) is 10.5. The highest BCUT2D eigenvalue weighted by Crippen LogP contribution is 2.53. The molecule has 0 aromatic heterocycles. The summed E-state index contributed by atoms with van der Waals surface area (Å²) in [6.45, 7) is 0.0506. The highest BCUT2D eigenvalue weighted by atomic mass is 19.4. The predicted molar refractivity (Wildman–Crippen MR) is 118 cm³/mol. The van der Waals surface area contributed by atoms with Crippen molar-refractivity contribution in [1.82, 2.24) is 15.5 Å². The van der Waals surface area contributed by atoms with Crippen molar-refractivity contribution in [3.05, 3.63) is 34.9 Å². The second kappa shape index (κ2) is 8.64. The van der Waals surface area contributed by atoms with Gasteiger partial charge in [0.25, 0.3) is 11.8 Å². The Bertz CT molecular complexity index is 1070. The van der Waals surface area contributed by atoms with Crippen LogP contribution >= 0.6 is 0 Å². The van der Waals surface area contributed by atoms with Crippen LogP contribution in [-0.4, -0.2) is 46.8 Å². The molecule has 2 saturated carbocycles. The molecule has 0 bridgehead atoms. The Morgan fingerprint density at radius 1 is 1.09 bits per heavy atom. The SMILES string of the molecule is O=C1CCC(N2Cc3cc(C(=O)NC(C4CCC5(CCC5)CC4)C(F)(F)F)ccc3C2=O)C(=O)N1. The summed E-state index contributed by atoms with van der Waals surface area (Å²) in [5.41, 5.74) is 1.04. The van der Waals surface area contributed by atoms with E-state index >= 15 is 0 Å². The lowest BCUT2D eigenvalue weighted by molar-refractivity contribution is -0.170. The van der Waals surface area contributed by atoms with Gasteiger partial charge < -0.3 is 10.2 Å². The molecule has 5 rings (SSSR count). The van der Waals surface area contributed by atoms with Crippen molar-refractivity contribution < 1.29 is 32.3 Å². The lowest BCUT2D eigenvalue weighted by Crippen LogP contribution is -2.52. The number of hydrogen-bond acceptors (Lipinski definition) is 4. The third-order valence-corrected chi connectivity index (χ3v) is 8.40. The molecule has 2 aliphatic heterocycles. The van der Waals surface area contributed by atoms with Crippen molar-refractivity contribution in [2.75, 3.05) is 0 Å². The zero-order chi connectivity index (χ0) is 25.0. The smallest absolute Gasteiger partial charge is 0.340 e. The molecule has 2 N–H and O–H groups in total. The minimum Gasteiger partial charge on any atom is -0.340 e. The quantitative estimate of drug-likeness (QED) is 0.631. The number of nitrogens with one attached hydrogen (secondary N) is 2. The summed E-state index contributed by atoms with van der Waals surface area (Å²) in [6.07, 6.45) is 1.53. The third-order valence-electron chi connectivity index (χ3n) is 8.40. The number of carbonyl (C=O) groups is 4. The maximum atomic E-state index is 13.9. The maximum absolute atomic E-state index is 13.9. The van der Waals surface area contributed by atoms with Crippen molar-refractivity contribution in [2.45, 2.75) is 82.6 Å². The highest BCUT2D eigenvalue weighted by molar-refractivity contribution is 6.06. The van der Waals surface area contributed by atoms with E-state index in [2.05, 4.69) is 10.6 Å². The molecule has 4 aliphatic rings. The average molecular weight is 492 g/mol. The standard InChI is InChI=1S/C25H28F3N3O4/c26-25(27,28)20(14-6-10-24(11-7-14)8-1-9-24)30-21(33)15-2-3-17-16(12-15)13-31(23(17)35)18-4-5-19(32)29-22(18)34/h2-3,12,14,18,20H,1,4-11,13H2,(H,30,33)(H,29,32,34). The molecule has 10 heteroatoms. The molecule has 1 saturated heterocycles. The lowest BCUT2D eigenvalue weighted by Gasteiger charge is -2.48. The minimum atomic E-state index is -4.56. The fraction of sp³-hybridized carbons (Fsp3) is 0.600. The first-order chi connectivity index (χ1) is 16.6. The first kappa shape index (κ1) is 23.8. The molecule has 2 unspecified atom stereocenters. The van der Waals surface area contributed by atoms with Gasteiger partial charge >= 0.3 is 6.18 Å². The van der Waals surface area contributed by atoms with Crippen molar-refractivity contribution in [1.29, 1.82) is 0 Å². The number of imide groups is 1. The number of nitrogens with zero attached hydrogens (tertiary/aromatic N) is 1. The number of amides is 4. The van der Waals surface area contributed by atoms with E-state index in [-0.39, 0.29) is 30.4 Å². The van der Waals surface area contributed by atoms with E-state index < -0.39 is 47.8 Å². The molecule has 2 heterocycles. The van der Waals surface area contributed by atoms with Gasteiger partial charge in [-0.25, -0.2) is 0 Å². The van der Waals surface area contributed by atoms with Gasteiger partial charge in [0.2, 0.25) is 11.8 Å². The van der Waals surface area contributed by atoms with Crippen molar-refractivity contribution in [2.24, 2.45) is 11.3 Å². The van der Waals surface area contributed by atoms with Crippen LogP contribution in [0.25, 0.3) is 0 Å². The largest absolute Gasteiger partial charge is 0.408 e. The molecule has 3 fully saturated rings. The summed E-state index contributed by atoms with van der Waals surface area (Å²) >= 11 is 0. The molecule has 1 spiro atoms. The van der Waals surface area contributed by atoms with Gasteiger partial charge in [0, 0.05) is 24.1 Å². The van der Waals surface area contributed by atoms with E-state index in [9.17, 15) is 32.3 Å². The van der Waals surface area contributed by atoms with Gasteiger partial charge in [-0.2, -0.15) is 13.2 Å².